The van der Waals surface area contributed by atoms with E-state index in [1.165, 1.54) is 0 Å². The van der Waals surface area contributed by atoms with Gasteiger partial charge in [-0.05, 0) is 31.0 Å². The Morgan fingerprint density at radius 1 is 1.33 bits per heavy atom. The summed E-state index contributed by atoms with van der Waals surface area (Å²) in [6, 6.07) is 7.53. The monoisotopic (exact) mass is 287 g/mol. The van der Waals surface area contributed by atoms with Crippen molar-refractivity contribution in [2.75, 3.05) is 26.4 Å². The summed E-state index contributed by atoms with van der Waals surface area (Å²) >= 11 is 0. The van der Waals surface area contributed by atoms with E-state index >= 15 is 0 Å². The molecule has 110 valence electrons. The molecule has 3 rings (SSSR count). The summed E-state index contributed by atoms with van der Waals surface area (Å²) in [6.07, 6.45) is 1.75. The number of benzene rings is 1. The van der Waals surface area contributed by atoms with Crippen LogP contribution in [0.5, 0.6) is 11.5 Å². The van der Waals surface area contributed by atoms with Crippen molar-refractivity contribution in [3.8, 4) is 17.6 Å². The zero-order valence-electron chi connectivity index (χ0n) is 11.7. The highest BCUT2D eigenvalue weighted by atomic mass is 16.7. The number of hydrogen-bond donors (Lipinski definition) is 1. The highest BCUT2D eigenvalue weighted by molar-refractivity contribution is 5.95. The van der Waals surface area contributed by atoms with Gasteiger partial charge in [-0.2, -0.15) is 5.26 Å². The van der Waals surface area contributed by atoms with Crippen LogP contribution in [-0.4, -0.2) is 43.3 Å². The summed E-state index contributed by atoms with van der Waals surface area (Å²) in [5, 5.41) is 11.7. The fraction of sp³-hybridized carbons (Fsp3) is 0.467. The Labute approximate surface area is 123 Å². The van der Waals surface area contributed by atoms with Crippen molar-refractivity contribution >= 4 is 5.91 Å². The third-order valence-corrected chi connectivity index (χ3v) is 3.85. The van der Waals surface area contributed by atoms with E-state index < -0.39 is 0 Å². The van der Waals surface area contributed by atoms with Crippen molar-refractivity contribution in [2.24, 2.45) is 0 Å². The predicted octanol–water partition coefficient (Wildman–Crippen LogP) is 1.13. The fourth-order valence-electron chi connectivity index (χ4n) is 2.64. The molecule has 6 heteroatoms. The zero-order chi connectivity index (χ0) is 14.7. The lowest BCUT2D eigenvalue weighted by Crippen LogP contribution is -2.44. The first kappa shape index (κ1) is 13.7. The van der Waals surface area contributed by atoms with Crippen molar-refractivity contribution in [3.05, 3.63) is 23.8 Å². The maximum Gasteiger partial charge on any atom is 0.251 e. The third kappa shape index (κ3) is 3.09. The molecule has 0 spiro atoms. The molecule has 6 nitrogen and oxygen atoms in total. The molecule has 1 aromatic carbocycles. The Morgan fingerprint density at radius 2 is 2.10 bits per heavy atom. The van der Waals surface area contributed by atoms with Crippen LogP contribution in [0.1, 0.15) is 23.2 Å². The van der Waals surface area contributed by atoms with E-state index in [1.54, 1.807) is 18.2 Å². The number of likely N-dealkylation sites (tertiary alicyclic amines) is 1. The molecule has 2 aliphatic rings. The van der Waals surface area contributed by atoms with Crippen molar-refractivity contribution in [2.45, 2.75) is 18.9 Å². The molecule has 1 fully saturated rings. The summed E-state index contributed by atoms with van der Waals surface area (Å²) in [5.41, 5.74) is 0.582. The van der Waals surface area contributed by atoms with E-state index in [2.05, 4.69) is 16.3 Å². The molecule has 2 aliphatic heterocycles. The minimum Gasteiger partial charge on any atom is -0.454 e. The van der Waals surface area contributed by atoms with Gasteiger partial charge in [0.05, 0.1) is 12.6 Å². The van der Waals surface area contributed by atoms with Gasteiger partial charge in [0.25, 0.3) is 5.91 Å². The molecule has 21 heavy (non-hydrogen) atoms. The van der Waals surface area contributed by atoms with Crippen LogP contribution in [0.3, 0.4) is 0 Å². The number of fused-ring (bicyclic) bond motifs is 1. The summed E-state index contributed by atoms with van der Waals surface area (Å²) in [7, 11) is 0. The highest BCUT2D eigenvalue weighted by Crippen LogP contribution is 2.32. The molecular formula is C15H17N3O3. The summed E-state index contributed by atoms with van der Waals surface area (Å²) in [5.74, 6) is 1.20. The van der Waals surface area contributed by atoms with E-state index in [4.69, 9.17) is 14.7 Å². The summed E-state index contributed by atoms with van der Waals surface area (Å²) in [4.78, 5) is 14.3. The summed E-state index contributed by atoms with van der Waals surface area (Å²) in [6.45, 7) is 2.36. The SMILES string of the molecule is N#CCN1CCC(NC(=O)c2ccc3c(c2)OCO3)CC1. The number of carbonyl (C=O) groups is 1. The number of ether oxygens (including phenoxy) is 2. The Morgan fingerprint density at radius 3 is 2.86 bits per heavy atom. The van der Waals surface area contributed by atoms with E-state index in [9.17, 15) is 4.79 Å². The quantitative estimate of drug-likeness (QED) is 0.844. The van der Waals surface area contributed by atoms with Crippen LogP contribution in [-0.2, 0) is 0 Å². The van der Waals surface area contributed by atoms with Crippen LogP contribution >= 0.6 is 0 Å². The smallest absolute Gasteiger partial charge is 0.251 e. The maximum atomic E-state index is 12.2. The van der Waals surface area contributed by atoms with Gasteiger partial charge in [-0.15, -0.1) is 0 Å². The third-order valence-electron chi connectivity index (χ3n) is 3.85. The first-order chi connectivity index (χ1) is 10.3. The van der Waals surface area contributed by atoms with Crippen LogP contribution in [0.2, 0.25) is 0 Å². The Bertz CT molecular complexity index is 574. The van der Waals surface area contributed by atoms with Gasteiger partial charge in [0.2, 0.25) is 6.79 Å². The van der Waals surface area contributed by atoms with Gasteiger partial charge < -0.3 is 14.8 Å². The number of rotatable bonds is 3. The van der Waals surface area contributed by atoms with Crippen LogP contribution in [0.15, 0.2) is 18.2 Å². The topological polar surface area (TPSA) is 74.6 Å². The molecule has 1 aromatic rings. The largest absolute Gasteiger partial charge is 0.454 e. The molecule has 0 unspecified atom stereocenters. The van der Waals surface area contributed by atoms with Crippen molar-refractivity contribution in [1.29, 1.82) is 5.26 Å². The second kappa shape index (κ2) is 6.02. The van der Waals surface area contributed by atoms with Gasteiger partial charge in [-0.1, -0.05) is 0 Å². The van der Waals surface area contributed by atoms with Crippen LogP contribution in [0.25, 0.3) is 0 Å². The number of piperidine rings is 1. The predicted molar refractivity (Wildman–Crippen MR) is 75.1 cm³/mol. The van der Waals surface area contributed by atoms with E-state index in [0.717, 1.165) is 25.9 Å². The Balaban J connectivity index is 1.56. The molecular weight excluding hydrogens is 270 g/mol. The Hall–Kier alpha value is -2.26. The lowest BCUT2D eigenvalue weighted by atomic mass is 10.0. The zero-order valence-corrected chi connectivity index (χ0v) is 11.7. The standard InChI is InChI=1S/C15H17N3O3/c16-5-8-18-6-3-12(4-7-18)17-15(19)11-1-2-13-14(9-11)21-10-20-13/h1-2,9,12H,3-4,6-8,10H2,(H,17,19). The molecule has 0 radical (unpaired) electrons. The first-order valence-corrected chi connectivity index (χ1v) is 7.06. The number of nitrogens with zero attached hydrogens (tertiary/aromatic N) is 2. The van der Waals surface area contributed by atoms with Gasteiger partial charge in [-0.25, -0.2) is 0 Å². The second-order valence-electron chi connectivity index (χ2n) is 5.25. The molecule has 1 N–H and O–H groups in total. The van der Waals surface area contributed by atoms with E-state index in [1.807, 2.05) is 0 Å². The molecule has 0 atom stereocenters. The van der Waals surface area contributed by atoms with Gasteiger partial charge in [0.15, 0.2) is 11.5 Å². The number of amides is 1. The normalized spacial score (nSPS) is 18.2. The molecule has 1 saturated heterocycles. The van der Waals surface area contributed by atoms with Crippen LogP contribution < -0.4 is 14.8 Å². The van der Waals surface area contributed by atoms with Gasteiger partial charge in [0, 0.05) is 24.7 Å². The number of hydrogen-bond acceptors (Lipinski definition) is 5. The Kier molecular flexibility index (Phi) is 3.93. The van der Waals surface area contributed by atoms with Crippen LogP contribution in [0, 0.1) is 11.3 Å². The molecule has 0 saturated carbocycles. The number of nitrogens with one attached hydrogen (secondary N) is 1. The lowest BCUT2D eigenvalue weighted by molar-refractivity contribution is 0.0914. The average Bonchev–Trinajstić information content (AvgIpc) is 2.97. The minimum atomic E-state index is -0.0907. The second-order valence-corrected chi connectivity index (χ2v) is 5.25. The minimum absolute atomic E-state index is 0.0907. The number of nitriles is 1. The van der Waals surface area contributed by atoms with Gasteiger partial charge in [0.1, 0.15) is 0 Å². The number of carbonyl (C=O) groups excluding carboxylic acids is 1. The summed E-state index contributed by atoms with van der Waals surface area (Å²) < 4.78 is 10.5. The maximum absolute atomic E-state index is 12.2. The van der Waals surface area contributed by atoms with E-state index in [0.29, 0.717) is 23.6 Å². The molecule has 0 aromatic heterocycles. The van der Waals surface area contributed by atoms with Crippen LogP contribution in [0.4, 0.5) is 0 Å². The molecule has 0 bridgehead atoms. The fourth-order valence-corrected chi connectivity index (χ4v) is 2.64. The van der Waals surface area contributed by atoms with Crippen molar-refractivity contribution < 1.29 is 14.3 Å². The molecule has 2 heterocycles. The van der Waals surface area contributed by atoms with Crippen molar-refractivity contribution in [3.63, 3.8) is 0 Å². The molecule has 0 aliphatic carbocycles. The van der Waals surface area contributed by atoms with E-state index in [-0.39, 0.29) is 18.7 Å². The first-order valence-electron chi connectivity index (χ1n) is 7.06. The average molecular weight is 287 g/mol. The molecule has 1 amide bonds. The lowest BCUT2D eigenvalue weighted by Gasteiger charge is -2.30. The highest BCUT2D eigenvalue weighted by Gasteiger charge is 2.22. The van der Waals surface area contributed by atoms with Gasteiger partial charge >= 0.3 is 0 Å². The van der Waals surface area contributed by atoms with Gasteiger partial charge in [-0.3, -0.25) is 9.69 Å². The van der Waals surface area contributed by atoms with Crippen molar-refractivity contribution in [1.82, 2.24) is 10.2 Å².